The van der Waals surface area contributed by atoms with E-state index in [0.29, 0.717) is 0 Å². The second-order valence-corrected chi connectivity index (χ2v) is 7.24. The van der Waals surface area contributed by atoms with Gasteiger partial charge in [0.25, 0.3) is 0 Å². The van der Waals surface area contributed by atoms with Gasteiger partial charge in [-0.25, -0.2) is 0 Å². The van der Waals surface area contributed by atoms with E-state index in [4.69, 9.17) is 0 Å². The van der Waals surface area contributed by atoms with Crippen molar-refractivity contribution in [2.45, 2.75) is 35.7 Å². The standard InChI is InChI=1S/C6H13Se.HI/c1-7-5-3-2-4-6-7;/h2-6H2,1H3;1H/q+1;/p-1. The molecule has 1 fully saturated rings. The summed E-state index contributed by atoms with van der Waals surface area (Å²) < 4.78 is 0. The van der Waals surface area contributed by atoms with Crippen LogP contribution >= 0.6 is 0 Å². The quantitative estimate of drug-likeness (QED) is 0.409. The van der Waals surface area contributed by atoms with E-state index in [1.54, 1.807) is 23.5 Å². The van der Waals surface area contributed by atoms with Crippen LogP contribution in [0.15, 0.2) is 0 Å². The predicted octanol–water partition coefficient (Wildman–Crippen LogP) is -0.701. The van der Waals surface area contributed by atoms with Crippen molar-refractivity contribution in [1.29, 1.82) is 0 Å². The third kappa shape index (κ3) is 3.31. The van der Waals surface area contributed by atoms with Crippen LogP contribution in [-0.2, 0) is 0 Å². The molecule has 0 amide bonds. The van der Waals surface area contributed by atoms with E-state index in [0.717, 1.165) is 0 Å². The summed E-state index contributed by atoms with van der Waals surface area (Å²) in [5.74, 6) is 2.49. The Balaban J connectivity index is 0.000000490. The minimum atomic E-state index is 0. The van der Waals surface area contributed by atoms with Crippen LogP contribution in [0.4, 0.5) is 0 Å². The van der Waals surface area contributed by atoms with Crippen LogP contribution in [0.2, 0.25) is 16.5 Å². The van der Waals surface area contributed by atoms with Crippen molar-refractivity contribution >= 4 is 13.9 Å². The predicted molar refractivity (Wildman–Crippen MR) is 35.1 cm³/mol. The summed E-state index contributed by atoms with van der Waals surface area (Å²) in [6, 6.07) is 0. The summed E-state index contributed by atoms with van der Waals surface area (Å²) in [6.45, 7) is 0. The molecule has 0 aromatic heterocycles. The second kappa shape index (κ2) is 5.07. The van der Waals surface area contributed by atoms with Crippen LogP contribution in [-0.4, -0.2) is 13.9 Å². The number of halogens is 1. The fourth-order valence-corrected chi connectivity index (χ4v) is 4.33. The molecule has 1 aliphatic rings. The van der Waals surface area contributed by atoms with Crippen LogP contribution in [0.3, 0.4) is 0 Å². The summed E-state index contributed by atoms with van der Waals surface area (Å²) in [4.78, 5) is 0. The van der Waals surface area contributed by atoms with Crippen molar-refractivity contribution in [3.63, 3.8) is 0 Å². The Labute approximate surface area is 73.3 Å². The molecule has 1 saturated heterocycles. The molecule has 0 unspecified atom stereocenters. The molecule has 1 aliphatic heterocycles. The van der Waals surface area contributed by atoms with E-state index in [1.807, 2.05) is 0 Å². The zero-order valence-electron chi connectivity index (χ0n) is 5.32. The fourth-order valence-electron chi connectivity index (χ4n) is 0.976. The van der Waals surface area contributed by atoms with Crippen molar-refractivity contribution in [1.82, 2.24) is 0 Å². The topological polar surface area (TPSA) is 0 Å². The normalized spacial score (nSPS) is 22.1. The molecular weight excluding hydrogens is 278 g/mol. The molecule has 0 N–H and O–H groups in total. The summed E-state index contributed by atoms with van der Waals surface area (Å²) in [6.07, 6.45) is 4.61. The van der Waals surface area contributed by atoms with Crippen LogP contribution in [0, 0.1) is 0 Å². The van der Waals surface area contributed by atoms with E-state index in [2.05, 4.69) is 5.82 Å². The molecule has 2 heteroatoms. The van der Waals surface area contributed by atoms with E-state index in [9.17, 15) is 0 Å². The number of hydrogen-bond acceptors (Lipinski definition) is 0. The van der Waals surface area contributed by atoms with Gasteiger partial charge in [-0.15, -0.1) is 0 Å². The van der Waals surface area contributed by atoms with Crippen molar-refractivity contribution in [3.8, 4) is 0 Å². The molecule has 8 heavy (non-hydrogen) atoms. The Morgan fingerprint density at radius 2 is 1.50 bits per heavy atom. The van der Waals surface area contributed by atoms with Gasteiger partial charge in [0.05, 0.1) is 0 Å². The summed E-state index contributed by atoms with van der Waals surface area (Å²) >= 11 is 0.0185. The Hall–Kier alpha value is 1.25. The van der Waals surface area contributed by atoms with Crippen molar-refractivity contribution in [2.75, 3.05) is 0 Å². The summed E-state index contributed by atoms with van der Waals surface area (Å²) in [5, 5.41) is 3.22. The molecule has 1 rings (SSSR count). The van der Waals surface area contributed by atoms with Gasteiger partial charge in [0.1, 0.15) is 0 Å². The molecule has 0 spiro atoms. The molecule has 0 aliphatic carbocycles. The van der Waals surface area contributed by atoms with Gasteiger partial charge in [0, 0.05) is 0 Å². The number of rotatable bonds is 0. The molecule has 0 bridgehead atoms. The van der Waals surface area contributed by atoms with E-state index < -0.39 is 0 Å². The van der Waals surface area contributed by atoms with E-state index in [-0.39, 0.29) is 37.9 Å². The number of hydrogen-bond donors (Lipinski definition) is 0. The van der Waals surface area contributed by atoms with Gasteiger partial charge in [-0.1, -0.05) is 0 Å². The van der Waals surface area contributed by atoms with Gasteiger partial charge in [-0.2, -0.15) is 0 Å². The van der Waals surface area contributed by atoms with E-state index in [1.165, 1.54) is 6.42 Å². The van der Waals surface area contributed by atoms with Crippen molar-refractivity contribution < 1.29 is 24.0 Å². The minimum Gasteiger partial charge on any atom is -1.00 e. The smallest absolute Gasteiger partial charge is 1.00 e. The van der Waals surface area contributed by atoms with Crippen molar-refractivity contribution in [3.05, 3.63) is 0 Å². The first kappa shape index (κ1) is 9.25. The van der Waals surface area contributed by atoms with Gasteiger partial charge in [-0.05, 0) is 0 Å². The maximum atomic E-state index is 2.49. The Kier molecular flexibility index (Phi) is 5.86. The summed E-state index contributed by atoms with van der Waals surface area (Å²) in [7, 11) is 0. The Bertz CT molecular complexity index is 50.5. The van der Waals surface area contributed by atoms with Crippen LogP contribution in [0.25, 0.3) is 0 Å². The van der Waals surface area contributed by atoms with Crippen LogP contribution in [0.1, 0.15) is 19.3 Å². The monoisotopic (exact) mass is 292 g/mol. The average Bonchev–Trinajstić information content (AvgIpc) is 1.69. The van der Waals surface area contributed by atoms with Gasteiger partial charge >= 0.3 is 49.6 Å². The molecule has 0 saturated carbocycles. The molecule has 0 radical (unpaired) electrons. The van der Waals surface area contributed by atoms with Gasteiger partial charge in [-0.3, -0.25) is 0 Å². The van der Waals surface area contributed by atoms with Crippen LogP contribution in [0.5, 0.6) is 0 Å². The molecular formula is C6H13ISe. The summed E-state index contributed by atoms with van der Waals surface area (Å²) in [5.41, 5.74) is 0. The third-order valence-corrected chi connectivity index (χ3v) is 5.62. The van der Waals surface area contributed by atoms with Gasteiger partial charge in [0.15, 0.2) is 0 Å². The van der Waals surface area contributed by atoms with Crippen LogP contribution < -0.4 is 24.0 Å². The molecule has 1 heterocycles. The van der Waals surface area contributed by atoms with Gasteiger partial charge in [0.2, 0.25) is 0 Å². The first-order chi connectivity index (χ1) is 3.39. The average molecular weight is 291 g/mol. The fraction of sp³-hybridized carbons (Fsp3) is 1.00. The second-order valence-electron chi connectivity index (χ2n) is 2.25. The molecule has 0 aromatic rings. The maximum Gasteiger partial charge on any atom is -1.00 e. The Morgan fingerprint density at radius 1 is 1.00 bits per heavy atom. The zero-order chi connectivity index (χ0) is 5.11. The molecule has 0 nitrogen and oxygen atoms in total. The van der Waals surface area contributed by atoms with Gasteiger partial charge < -0.3 is 24.0 Å². The zero-order valence-corrected chi connectivity index (χ0v) is 9.19. The molecule has 50 valence electrons. The molecule has 0 aromatic carbocycles. The minimum absolute atomic E-state index is 0. The third-order valence-electron chi connectivity index (χ3n) is 1.49. The van der Waals surface area contributed by atoms with E-state index >= 15 is 0 Å². The maximum absolute atomic E-state index is 2.49. The van der Waals surface area contributed by atoms with Crippen molar-refractivity contribution in [2.24, 2.45) is 0 Å². The molecule has 0 atom stereocenters. The SMILES string of the molecule is C[Se+]1CCCCC1.[I-]. The Morgan fingerprint density at radius 3 is 1.75 bits per heavy atom. The first-order valence-corrected chi connectivity index (χ1v) is 7.12. The first-order valence-electron chi connectivity index (χ1n) is 2.99. The largest absolute Gasteiger partial charge is 1.00 e.